The highest BCUT2D eigenvalue weighted by molar-refractivity contribution is 8.01. The fourth-order valence-corrected chi connectivity index (χ4v) is 3.75. The molecule has 1 aromatic heterocycles. The molecule has 3 aromatic rings. The number of para-hydroxylation sites is 2. The van der Waals surface area contributed by atoms with E-state index in [0.29, 0.717) is 33.2 Å². The summed E-state index contributed by atoms with van der Waals surface area (Å²) < 4.78 is 19.3. The standard InChI is InChI=1S/C18H17FN4O2S2/c1-2-25-15-9-4-3-8-14(15)21-16(24)11-26-18-23-22-17(27-18)20-13-7-5-6-12(19)10-13/h3-10H,2,11H2,1H3,(H,20,22)(H,21,24). The number of halogens is 1. The van der Waals surface area contributed by atoms with Gasteiger partial charge in [0.05, 0.1) is 18.0 Å². The van der Waals surface area contributed by atoms with E-state index < -0.39 is 0 Å². The second-order valence-corrected chi connectivity index (χ2v) is 7.47. The first kappa shape index (κ1) is 19.1. The highest BCUT2D eigenvalue weighted by atomic mass is 32.2. The van der Waals surface area contributed by atoms with Crippen LogP contribution in [0.4, 0.5) is 20.9 Å². The molecule has 0 saturated heterocycles. The van der Waals surface area contributed by atoms with Crippen LogP contribution >= 0.6 is 23.1 Å². The van der Waals surface area contributed by atoms with Gasteiger partial charge in [-0.2, -0.15) is 0 Å². The smallest absolute Gasteiger partial charge is 0.234 e. The zero-order valence-electron chi connectivity index (χ0n) is 14.4. The van der Waals surface area contributed by atoms with Gasteiger partial charge in [-0.1, -0.05) is 41.3 Å². The van der Waals surface area contributed by atoms with Gasteiger partial charge in [0.1, 0.15) is 11.6 Å². The van der Waals surface area contributed by atoms with E-state index in [-0.39, 0.29) is 17.5 Å². The zero-order valence-corrected chi connectivity index (χ0v) is 16.1. The Labute approximate surface area is 164 Å². The molecular formula is C18H17FN4O2S2. The number of aromatic nitrogens is 2. The summed E-state index contributed by atoms with van der Waals surface area (Å²) in [5, 5.41) is 14.4. The van der Waals surface area contributed by atoms with Crippen LogP contribution in [0.5, 0.6) is 5.75 Å². The summed E-state index contributed by atoms with van der Waals surface area (Å²) >= 11 is 2.58. The molecule has 0 bridgehead atoms. The molecule has 0 aliphatic heterocycles. The summed E-state index contributed by atoms with van der Waals surface area (Å²) in [7, 11) is 0. The third-order valence-corrected chi connectivity index (χ3v) is 5.24. The Hall–Kier alpha value is -2.65. The van der Waals surface area contributed by atoms with E-state index in [9.17, 15) is 9.18 Å². The van der Waals surface area contributed by atoms with Crippen LogP contribution in [-0.4, -0.2) is 28.5 Å². The topological polar surface area (TPSA) is 76.1 Å². The molecule has 0 aliphatic carbocycles. The van der Waals surface area contributed by atoms with Gasteiger partial charge in [0.2, 0.25) is 11.0 Å². The van der Waals surface area contributed by atoms with Crippen molar-refractivity contribution >= 4 is 45.5 Å². The van der Waals surface area contributed by atoms with Crippen LogP contribution in [0.25, 0.3) is 0 Å². The first-order valence-corrected chi connectivity index (χ1v) is 9.95. The van der Waals surface area contributed by atoms with Gasteiger partial charge in [-0.15, -0.1) is 10.2 Å². The molecule has 9 heteroatoms. The lowest BCUT2D eigenvalue weighted by Gasteiger charge is -2.10. The number of anilines is 3. The van der Waals surface area contributed by atoms with E-state index in [1.807, 2.05) is 19.1 Å². The lowest BCUT2D eigenvalue weighted by atomic mass is 10.3. The molecule has 2 aromatic carbocycles. The van der Waals surface area contributed by atoms with E-state index in [2.05, 4.69) is 20.8 Å². The van der Waals surface area contributed by atoms with Crippen LogP contribution in [0.1, 0.15) is 6.92 Å². The second-order valence-electron chi connectivity index (χ2n) is 5.27. The van der Waals surface area contributed by atoms with Crippen LogP contribution in [-0.2, 0) is 4.79 Å². The first-order valence-electron chi connectivity index (χ1n) is 8.14. The molecule has 1 heterocycles. The number of benzene rings is 2. The Balaban J connectivity index is 1.53. The molecule has 0 saturated carbocycles. The number of hydrogen-bond donors (Lipinski definition) is 2. The number of rotatable bonds is 8. The highest BCUT2D eigenvalue weighted by Gasteiger charge is 2.11. The molecule has 0 fully saturated rings. The maximum absolute atomic E-state index is 13.2. The minimum Gasteiger partial charge on any atom is -0.492 e. The molecule has 3 rings (SSSR count). The molecule has 1 amide bonds. The van der Waals surface area contributed by atoms with E-state index in [4.69, 9.17) is 4.74 Å². The number of thioether (sulfide) groups is 1. The third kappa shape index (κ3) is 5.66. The molecule has 6 nitrogen and oxygen atoms in total. The predicted molar refractivity (Wildman–Crippen MR) is 107 cm³/mol. The van der Waals surface area contributed by atoms with Gasteiger partial charge in [-0.05, 0) is 37.3 Å². The van der Waals surface area contributed by atoms with Crippen molar-refractivity contribution < 1.29 is 13.9 Å². The maximum Gasteiger partial charge on any atom is 0.234 e. The molecule has 0 unspecified atom stereocenters. The van der Waals surface area contributed by atoms with Gasteiger partial charge in [0, 0.05) is 5.69 Å². The Bertz CT molecular complexity index is 920. The van der Waals surface area contributed by atoms with Crippen molar-refractivity contribution in [3.8, 4) is 5.75 Å². The van der Waals surface area contributed by atoms with Crippen molar-refractivity contribution in [3.05, 3.63) is 54.3 Å². The van der Waals surface area contributed by atoms with Gasteiger partial charge in [0.15, 0.2) is 4.34 Å². The summed E-state index contributed by atoms with van der Waals surface area (Å²) in [4.78, 5) is 12.2. The zero-order chi connectivity index (χ0) is 19.1. The summed E-state index contributed by atoms with van der Waals surface area (Å²) in [5.41, 5.74) is 1.23. The molecule has 2 N–H and O–H groups in total. The Kier molecular flexibility index (Phi) is 6.61. The van der Waals surface area contributed by atoms with Crippen LogP contribution in [0, 0.1) is 5.82 Å². The van der Waals surface area contributed by atoms with Crippen molar-refractivity contribution in [2.75, 3.05) is 23.0 Å². The van der Waals surface area contributed by atoms with Gasteiger partial charge in [-0.25, -0.2) is 4.39 Å². The lowest BCUT2D eigenvalue weighted by molar-refractivity contribution is -0.113. The number of amides is 1. The van der Waals surface area contributed by atoms with E-state index >= 15 is 0 Å². The first-order chi connectivity index (χ1) is 13.1. The average Bonchev–Trinajstić information content (AvgIpc) is 3.09. The normalized spacial score (nSPS) is 10.4. The highest BCUT2D eigenvalue weighted by Crippen LogP contribution is 2.28. The van der Waals surface area contributed by atoms with Crippen molar-refractivity contribution in [1.29, 1.82) is 0 Å². The minimum atomic E-state index is -0.330. The summed E-state index contributed by atoms with van der Waals surface area (Å²) in [6.07, 6.45) is 0. The number of carbonyl (C=O) groups excluding carboxylic acids is 1. The monoisotopic (exact) mass is 404 g/mol. The van der Waals surface area contributed by atoms with Gasteiger partial charge in [0.25, 0.3) is 0 Å². The lowest BCUT2D eigenvalue weighted by Crippen LogP contribution is -2.14. The SMILES string of the molecule is CCOc1ccccc1NC(=O)CSc1nnc(Nc2cccc(F)c2)s1. The molecule has 0 spiro atoms. The molecular weight excluding hydrogens is 387 g/mol. The summed E-state index contributed by atoms with van der Waals surface area (Å²) in [6.45, 7) is 2.41. The molecule has 27 heavy (non-hydrogen) atoms. The largest absolute Gasteiger partial charge is 0.492 e. The van der Waals surface area contributed by atoms with Crippen molar-refractivity contribution in [2.45, 2.75) is 11.3 Å². The molecule has 0 atom stereocenters. The van der Waals surface area contributed by atoms with E-state index in [0.717, 1.165) is 0 Å². The Morgan fingerprint density at radius 1 is 1.22 bits per heavy atom. The van der Waals surface area contributed by atoms with Crippen molar-refractivity contribution in [2.24, 2.45) is 0 Å². The van der Waals surface area contributed by atoms with Crippen LogP contribution in [0.2, 0.25) is 0 Å². The fraction of sp³-hybridized carbons (Fsp3) is 0.167. The minimum absolute atomic E-state index is 0.165. The number of nitrogens with one attached hydrogen (secondary N) is 2. The van der Waals surface area contributed by atoms with E-state index in [1.165, 1.54) is 35.2 Å². The number of hydrogen-bond acceptors (Lipinski definition) is 7. The molecule has 0 radical (unpaired) electrons. The van der Waals surface area contributed by atoms with Gasteiger partial charge < -0.3 is 15.4 Å². The van der Waals surface area contributed by atoms with Crippen molar-refractivity contribution in [3.63, 3.8) is 0 Å². The maximum atomic E-state index is 13.2. The fourth-order valence-electron chi connectivity index (χ4n) is 2.17. The van der Waals surface area contributed by atoms with Gasteiger partial charge in [-0.3, -0.25) is 4.79 Å². The van der Waals surface area contributed by atoms with Crippen LogP contribution in [0.3, 0.4) is 0 Å². The quantitative estimate of drug-likeness (QED) is 0.537. The van der Waals surface area contributed by atoms with Gasteiger partial charge >= 0.3 is 0 Å². The molecule has 140 valence electrons. The summed E-state index contributed by atoms with van der Waals surface area (Å²) in [6, 6.07) is 13.4. The van der Waals surface area contributed by atoms with Crippen LogP contribution in [0.15, 0.2) is 52.9 Å². The molecule has 0 aliphatic rings. The second kappa shape index (κ2) is 9.33. The number of carbonyl (C=O) groups is 1. The van der Waals surface area contributed by atoms with E-state index in [1.54, 1.807) is 24.3 Å². The Morgan fingerprint density at radius 3 is 2.89 bits per heavy atom. The Morgan fingerprint density at radius 2 is 2.07 bits per heavy atom. The predicted octanol–water partition coefficient (Wildman–Crippen LogP) is 4.55. The summed E-state index contributed by atoms with van der Waals surface area (Å²) in [5.74, 6) is 0.329. The number of ether oxygens (including phenoxy) is 1. The van der Waals surface area contributed by atoms with Crippen molar-refractivity contribution in [1.82, 2.24) is 10.2 Å². The van der Waals surface area contributed by atoms with Crippen LogP contribution < -0.4 is 15.4 Å². The average molecular weight is 404 g/mol. The number of nitrogens with zero attached hydrogens (tertiary/aromatic N) is 2. The third-order valence-electron chi connectivity index (χ3n) is 3.27.